The van der Waals surface area contributed by atoms with Crippen LogP contribution in [0, 0.1) is 11.3 Å². The largest absolute Gasteiger partial charge is 0.496 e. The average Bonchev–Trinajstić information content (AvgIpc) is 2.48. The summed E-state index contributed by atoms with van der Waals surface area (Å²) in [5.41, 5.74) is 0.723. The third-order valence-electron chi connectivity index (χ3n) is 3.08. The number of ether oxygens (including phenoxy) is 2. The second-order valence-electron chi connectivity index (χ2n) is 4.65. The molecule has 1 rings (SSSR count). The van der Waals surface area contributed by atoms with Crippen molar-refractivity contribution in [1.29, 1.82) is 5.26 Å². The molecule has 2 unspecified atom stereocenters. The van der Waals surface area contributed by atoms with Crippen LogP contribution in [-0.4, -0.2) is 19.4 Å². The van der Waals surface area contributed by atoms with E-state index in [2.05, 4.69) is 10.8 Å². The van der Waals surface area contributed by atoms with E-state index < -0.39 is 18.2 Å². The van der Waals surface area contributed by atoms with Gasteiger partial charge in [0.15, 0.2) is 0 Å². The van der Waals surface area contributed by atoms with Gasteiger partial charge in [0.1, 0.15) is 5.75 Å². The minimum atomic E-state index is -1.56. The van der Waals surface area contributed by atoms with E-state index in [9.17, 15) is 14.4 Å². The molecule has 4 nitrogen and oxygen atoms in total. The third-order valence-corrected chi connectivity index (χ3v) is 3.08. The lowest BCUT2D eigenvalue weighted by Gasteiger charge is -2.14. The summed E-state index contributed by atoms with van der Waals surface area (Å²) in [5.74, 6) is -0.504. The smallest absolute Gasteiger partial charge is 0.308 e. The number of nitrogens with zero attached hydrogens (tertiary/aromatic N) is 1. The van der Waals surface area contributed by atoms with Gasteiger partial charge in [-0.3, -0.25) is 4.79 Å². The number of benzene rings is 1. The summed E-state index contributed by atoms with van der Waals surface area (Å²) in [5, 5.41) is 9.25. The summed E-state index contributed by atoms with van der Waals surface area (Å²) in [6, 6.07) is 9.30. The molecule has 21 heavy (non-hydrogen) atoms. The fraction of sp³-hybridized carbons (Fsp3) is 0.500. The number of carbonyl (C=O) groups is 1. The van der Waals surface area contributed by atoms with Crippen molar-refractivity contribution in [2.24, 2.45) is 0 Å². The van der Waals surface area contributed by atoms with Crippen molar-refractivity contribution in [3.63, 3.8) is 0 Å². The van der Waals surface area contributed by atoms with Gasteiger partial charge in [0.2, 0.25) is 6.36 Å². The van der Waals surface area contributed by atoms with Crippen molar-refractivity contribution in [1.82, 2.24) is 0 Å². The van der Waals surface area contributed by atoms with Crippen LogP contribution in [0.2, 0.25) is 0 Å². The van der Waals surface area contributed by atoms with Gasteiger partial charge in [0.05, 0.1) is 19.1 Å². The highest BCUT2D eigenvalue weighted by Crippen LogP contribution is 2.29. The molecule has 0 N–H and O–H groups in total. The summed E-state index contributed by atoms with van der Waals surface area (Å²) in [6.07, 6.45) is -0.486. The van der Waals surface area contributed by atoms with E-state index in [1.165, 1.54) is 7.11 Å². The summed E-state index contributed by atoms with van der Waals surface area (Å²) in [7, 11) is 1.53. The molecule has 0 saturated heterocycles. The van der Waals surface area contributed by atoms with Crippen LogP contribution in [-0.2, 0) is 9.53 Å². The van der Waals surface area contributed by atoms with Crippen LogP contribution in [0.1, 0.15) is 44.1 Å². The summed E-state index contributed by atoms with van der Waals surface area (Å²) < 4.78 is 23.0. The Morgan fingerprint density at radius 1 is 1.38 bits per heavy atom. The van der Waals surface area contributed by atoms with Crippen LogP contribution < -0.4 is 4.74 Å². The molecule has 0 aliphatic rings. The fourth-order valence-corrected chi connectivity index (χ4v) is 1.99. The highest BCUT2D eigenvalue weighted by molar-refractivity contribution is 5.69. The van der Waals surface area contributed by atoms with Crippen LogP contribution in [0.3, 0.4) is 0 Å². The predicted molar refractivity (Wildman–Crippen MR) is 76.5 cm³/mol. The third kappa shape index (κ3) is 5.42. The van der Waals surface area contributed by atoms with Crippen molar-refractivity contribution < 1.29 is 18.7 Å². The summed E-state index contributed by atoms with van der Waals surface area (Å²) >= 11 is 0. The first kappa shape index (κ1) is 17.0. The summed E-state index contributed by atoms with van der Waals surface area (Å²) in [6.45, 7) is 1.81. The molecule has 0 bridgehead atoms. The Balaban J connectivity index is 2.59. The van der Waals surface area contributed by atoms with Gasteiger partial charge in [-0.2, -0.15) is 5.26 Å². The zero-order chi connectivity index (χ0) is 15.7. The maximum absolute atomic E-state index is 13.2. The molecule has 0 radical (unpaired) electrons. The molecule has 0 aliphatic carbocycles. The fourth-order valence-electron chi connectivity index (χ4n) is 1.99. The quantitative estimate of drug-likeness (QED) is 0.685. The minimum absolute atomic E-state index is 0.000406. The van der Waals surface area contributed by atoms with E-state index in [1.807, 2.05) is 13.0 Å². The van der Waals surface area contributed by atoms with Crippen molar-refractivity contribution >= 4 is 5.97 Å². The zero-order valence-corrected chi connectivity index (χ0v) is 12.3. The van der Waals surface area contributed by atoms with Gasteiger partial charge in [-0.1, -0.05) is 25.1 Å². The van der Waals surface area contributed by atoms with Gasteiger partial charge in [-0.05, 0) is 18.9 Å². The van der Waals surface area contributed by atoms with Gasteiger partial charge >= 0.3 is 5.97 Å². The Bertz CT molecular complexity index is 499. The van der Waals surface area contributed by atoms with Gasteiger partial charge < -0.3 is 9.47 Å². The van der Waals surface area contributed by atoms with E-state index in [0.29, 0.717) is 12.2 Å². The van der Waals surface area contributed by atoms with E-state index in [0.717, 1.165) is 5.56 Å². The molecule has 114 valence electrons. The van der Waals surface area contributed by atoms with E-state index >= 15 is 0 Å². The number of nitriles is 1. The number of hydrogen-bond acceptors (Lipinski definition) is 4. The molecule has 0 saturated carbocycles. The number of hydrogen-bond donors (Lipinski definition) is 0. The number of para-hydroxylation sites is 1. The van der Waals surface area contributed by atoms with Gasteiger partial charge in [0.25, 0.3) is 0 Å². The Labute approximate surface area is 124 Å². The number of alkyl halides is 1. The second kappa shape index (κ2) is 8.96. The highest BCUT2D eigenvalue weighted by atomic mass is 19.1. The maximum atomic E-state index is 13.2. The molecule has 1 aromatic rings. The van der Waals surface area contributed by atoms with Crippen molar-refractivity contribution in [3.8, 4) is 11.8 Å². The molecule has 1 aromatic carbocycles. The van der Waals surface area contributed by atoms with Crippen LogP contribution in [0.25, 0.3) is 0 Å². The van der Waals surface area contributed by atoms with Crippen LogP contribution >= 0.6 is 0 Å². The Hall–Kier alpha value is -2.09. The molecule has 0 heterocycles. The molecular weight excluding hydrogens is 273 g/mol. The topological polar surface area (TPSA) is 59.3 Å². The molecule has 0 aromatic heterocycles. The molecule has 0 spiro atoms. The van der Waals surface area contributed by atoms with Crippen molar-refractivity contribution in [2.75, 3.05) is 7.11 Å². The van der Waals surface area contributed by atoms with Gasteiger partial charge in [0, 0.05) is 18.4 Å². The SMILES string of the molecule is CCCC(F)OC(=O)CCC(C#N)c1ccccc1OC. The number of esters is 1. The van der Waals surface area contributed by atoms with E-state index in [1.54, 1.807) is 18.2 Å². The standard InChI is InChI=1S/C16H20FNO3/c1-3-6-15(17)21-16(19)10-9-12(11-18)13-7-4-5-8-14(13)20-2/h4-5,7-8,12,15H,3,6,9-10H2,1-2H3. The monoisotopic (exact) mass is 293 g/mol. The number of rotatable bonds is 8. The zero-order valence-electron chi connectivity index (χ0n) is 12.3. The highest BCUT2D eigenvalue weighted by Gasteiger charge is 2.18. The average molecular weight is 293 g/mol. The van der Waals surface area contributed by atoms with E-state index in [4.69, 9.17) is 4.74 Å². The van der Waals surface area contributed by atoms with Crippen LogP contribution in [0.15, 0.2) is 24.3 Å². The van der Waals surface area contributed by atoms with Crippen LogP contribution in [0.4, 0.5) is 4.39 Å². The number of halogens is 1. The minimum Gasteiger partial charge on any atom is -0.496 e. The first-order valence-corrected chi connectivity index (χ1v) is 6.98. The molecule has 0 fully saturated rings. The van der Waals surface area contributed by atoms with Crippen molar-refractivity contribution in [2.45, 2.75) is 44.9 Å². The predicted octanol–water partition coefficient (Wildman–Crippen LogP) is 3.72. The first-order chi connectivity index (χ1) is 10.1. The molecule has 0 aliphatic heterocycles. The lowest BCUT2D eigenvalue weighted by Crippen LogP contribution is -2.14. The maximum Gasteiger partial charge on any atom is 0.308 e. The Morgan fingerprint density at radius 3 is 2.71 bits per heavy atom. The molecule has 5 heteroatoms. The van der Waals surface area contributed by atoms with Crippen LogP contribution in [0.5, 0.6) is 5.75 Å². The summed E-state index contributed by atoms with van der Waals surface area (Å²) in [4.78, 5) is 11.5. The van der Waals surface area contributed by atoms with Gasteiger partial charge in [-0.25, -0.2) is 4.39 Å². The Kier molecular flexibility index (Phi) is 7.24. The van der Waals surface area contributed by atoms with Gasteiger partial charge in [-0.15, -0.1) is 0 Å². The lowest BCUT2D eigenvalue weighted by molar-refractivity contribution is -0.158. The van der Waals surface area contributed by atoms with E-state index in [-0.39, 0.29) is 19.3 Å². The second-order valence-corrected chi connectivity index (χ2v) is 4.65. The molecular formula is C16H20FNO3. The lowest BCUT2D eigenvalue weighted by atomic mass is 9.95. The molecule has 2 atom stereocenters. The number of carbonyl (C=O) groups excluding carboxylic acids is 1. The number of methoxy groups -OCH3 is 1. The normalized spacial score (nSPS) is 13.0. The Morgan fingerprint density at radius 2 is 2.10 bits per heavy atom. The van der Waals surface area contributed by atoms with Crippen molar-refractivity contribution in [3.05, 3.63) is 29.8 Å². The first-order valence-electron chi connectivity index (χ1n) is 6.98. The molecule has 0 amide bonds.